The Balaban J connectivity index is 0.00000242. The van der Waals surface area contributed by atoms with Gasteiger partial charge in [0.05, 0.1) is 13.0 Å². The van der Waals surface area contributed by atoms with Crippen molar-refractivity contribution >= 4 is 24.5 Å². The van der Waals surface area contributed by atoms with Crippen LogP contribution < -0.4 is 5.32 Å². The molecule has 7 heteroatoms. The van der Waals surface area contributed by atoms with Gasteiger partial charge < -0.3 is 19.7 Å². The van der Waals surface area contributed by atoms with Gasteiger partial charge in [0.1, 0.15) is 5.60 Å². The fraction of sp³-hybridized carbons (Fsp3) is 0.867. The highest BCUT2D eigenvalue weighted by Gasteiger charge is 2.49. The standard InChI is InChI=1S/C15H26N2O4.ClH/c1-14(2,3)21-13(19)17-7-5-15(6-8-17)10-16-9-11(15)12(18)20-4;/h11,16H,5-10H2,1-4H3;1H. The Morgan fingerprint density at radius 3 is 2.32 bits per heavy atom. The third-order valence-electron chi connectivity index (χ3n) is 4.46. The molecule has 0 bridgehead atoms. The minimum atomic E-state index is -0.477. The van der Waals surface area contributed by atoms with Crippen LogP contribution in [0.25, 0.3) is 0 Å². The number of nitrogens with zero attached hydrogens (tertiary/aromatic N) is 1. The van der Waals surface area contributed by atoms with Crippen LogP contribution in [0, 0.1) is 11.3 Å². The molecule has 22 heavy (non-hydrogen) atoms. The molecule has 1 atom stereocenters. The first kappa shape index (κ1) is 19.0. The molecule has 1 unspecified atom stereocenters. The summed E-state index contributed by atoms with van der Waals surface area (Å²) < 4.78 is 10.3. The molecule has 1 N–H and O–H groups in total. The van der Waals surface area contributed by atoms with Crippen LogP contribution in [0.2, 0.25) is 0 Å². The number of hydrogen-bond acceptors (Lipinski definition) is 5. The van der Waals surface area contributed by atoms with Crippen LogP contribution >= 0.6 is 12.4 Å². The van der Waals surface area contributed by atoms with Gasteiger partial charge in [0, 0.05) is 31.6 Å². The van der Waals surface area contributed by atoms with E-state index in [4.69, 9.17) is 9.47 Å². The van der Waals surface area contributed by atoms with Gasteiger partial charge in [-0.1, -0.05) is 0 Å². The molecule has 2 aliphatic rings. The fourth-order valence-corrected chi connectivity index (χ4v) is 3.27. The molecule has 0 aromatic heterocycles. The smallest absolute Gasteiger partial charge is 0.410 e. The summed E-state index contributed by atoms with van der Waals surface area (Å²) in [6.07, 6.45) is 1.34. The number of carbonyl (C=O) groups excluding carboxylic acids is 2. The second kappa shape index (κ2) is 7.04. The van der Waals surface area contributed by atoms with E-state index in [1.165, 1.54) is 7.11 Å². The van der Waals surface area contributed by atoms with Crippen molar-refractivity contribution in [3.63, 3.8) is 0 Å². The van der Waals surface area contributed by atoms with E-state index in [0.29, 0.717) is 19.6 Å². The Labute approximate surface area is 138 Å². The lowest BCUT2D eigenvalue weighted by atomic mass is 9.71. The number of esters is 1. The molecule has 6 nitrogen and oxygen atoms in total. The molecule has 2 aliphatic heterocycles. The molecule has 0 aromatic carbocycles. The Kier molecular flexibility index (Phi) is 6.10. The van der Waals surface area contributed by atoms with Gasteiger partial charge in [-0.2, -0.15) is 0 Å². The lowest BCUT2D eigenvalue weighted by Gasteiger charge is -2.41. The molecule has 128 valence electrons. The fourth-order valence-electron chi connectivity index (χ4n) is 3.27. The summed E-state index contributed by atoms with van der Waals surface area (Å²) in [5.74, 6) is -0.256. The van der Waals surface area contributed by atoms with Crippen LogP contribution in [-0.2, 0) is 14.3 Å². The molecule has 2 rings (SSSR count). The molecule has 1 amide bonds. The van der Waals surface area contributed by atoms with E-state index in [1.54, 1.807) is 4.90 Å². The van der Waals surface area contributed by atoms with E-state index >= 15 is 0 Å². The second-order valence-corrected chi connectivity index (χ2v) is 7.04. The lowest BCUT2D eigenvalue weighted by molar-refractivity contribution is -0.149. The van der Waals surface area contributed by atoms with Crippen molar-refractivity contribution in [3.05, 3.63) is 0 Å². The van der Waals surface area contributed by atoms with Crippen molar-refractivity contribution in [3.8, 4) is 0 Å². The van der Waals surface area contributed by atoms with Crippen LogP contribution in [0.1, 0.15) is 33.6 Å². The molecule has 0 aromatic rings. The van der Waals surface area contributed by atoms with Crippen LogP contribution in [0.15, 0.2) is 0 Å². The largest absolute Gasteiger partial charge is 0.469 e. The van der Waals surface area contributed by atoms with E-state index in [1.807, 2.05) is 20.8 Å². The average Bonchev–Trinajstić information content (AvgIpc) is 2.80. The molecule has 2 saturated heterocycles. The van der Waals surface area contributed by atoms with Crippen molar-refractivity contribution in [2.75, 3.05) is 33.3 Å². The number of halogens is 1. The molecule has 2 fully saturated rings. The molecule has 2 heterocycles. The highest BCUT2D eigenvalue weighted by atomic mass is 35.5. The topological polar surface area (TPSA) is 67.9 Å². The number of nitrogens with one attached hydrogen (secondary N) is 1. The molecular formula is C15H27ClN2O4. The Bertz CT molecular complexity index is 414. The van der Waals surface area contributed by atoms with E-state index < -0.39 is 5.60 Å². The second-order valence-electron chi connectivity index (χ2n) is 7.04. The van der Waals surface area contributed by atoms with Crippen LogP contribution in [0.5, 0.6) is 0 Å². The summed E-state index contributed by atoms with van der Waals surface area (Å²) in [4.78, 5) is 25.7. The molecular weight excluding hydrogens is 308 g/mol. The predicted molar refractivity (Wildman–Crippen MR) is 85.1 cm³/mol. The van der Waals surface area contributed by atoms with Crippen molar-refractivity contribution in [2.24, 2.45) is 11.3 Å². The summed E-state index contributed by atoms with van der Waals surface area (Å²) in [6, 6.07) is 0. The number of carbonyl (C=O) groups is 2. The highest BCUT2D eigenvalue weighted by Crippen LogP contribution is 2.42. The molecule has 1 spiro atoms. The van der Waals surface area contributed by atoms with Gasteiger partial charge in [-0.05, 0) is 33.6 Å². The van der Waals surface area contributed by atoms with E-state index in [9.17, 15) is 9.59 Å². The summed E-state index contributed by atoms with van der Waals surface area (Å²) in [7, 11) is 1.43. The minimum Gasteiger partial charge on any atom is -0.469 e. The van der Waals surface area contributed by atoms with Crippen LogP contribution in [-0.4, -0.2) is 55.9 Å². The highest BCUT2D eigenvalue weighted by molar-refractivity contribution is 5.85. The first-order chi connectivity index (χ1) is 9.77. The molecule has 0 saturated carbocycles. The normalized spacial score (nSPS) is 23.8. The van der Waals surface area contributed by atoms with Crippen molar-refractivity contribution in [1.82, 2.24) is 10.2 Å². The zero-order valence-electron chi connectivity index (χ0n) is 13.8. The summed E-state index contributed by atoms with van der Waals surface area (Å²) in [5.41, 5.74) is -0.554. The number of rotatable bonds is 1. The Hall–Kier alpha value is -1.01. The SMILES string of the molecule is COC(=O)C1CNCC12CCN(C(=O)OC(C)(C)C)CC2.Cl. The Morgan fingerprint density at radius 1 is 1.23 bits per heavy atom. The van der Waals surface area contributed by atoms with E-state index in [0.717, 1.165) is 19.4 Å². The predicted octanol–water partition coefficient (Wildman–Crippen LogP) is 1.82. The van der Waals surface area contributed by atoms with Gasteiger partial charge in [-0.15, -0.1) is 12.4 Å². The zero-order valence-corrected chi connectivity index (χ0v) is 14.6. The van der Waals surface area contributed by atoms with Gasteiger partial charge in [0.2, 0.25) is 0 Å². The number of amides is 1. The van der Waals surface area contributed by atoms with Crippen LogP contribution in [0.3, 0.4) is 0 Å². The monoisotopic (exact) mass is 334 g/mol. The van der Waals surface area contributed by atoms with Gasteiger partial charge in [0.25, 0.3) is 0 Å². The average molecular weight is 335 g/mol. The number of hydrogen-bond donors (Lipinski definition) is 1. The minimum absolute atomic E-state index is 0. The summed E-state index contributed by atoms with van der Waals surface area (Å²) in [5, 5.41) is 3.29. The zero-order chi connectivity index (χ0) is 15.7. The van der Waals surface area contributed by atoms with Crippen LogP contribution in [0.4, 0.5) is 4.79 Å². The maximum absolute atomic E-state index is 12.1. The summed E-state index contributed by atoms with van der Waals surface area (Å²) >= 11 is 0. The molecule has 0 aliphatic carbocycles. The van der Waals surface area contributed by atoms with Crippen molar-refractivity contribution < 1.29 is 19.1 Å². The van der Waals surface area contributed by atoms with Crippen molar-refractivity contribution in [2.45, 2.75) is 39.2 Å². The van der Waals surface area contributed by atoms with Crippen molar-refractivity contribution in [1.29, 1.82) is 0 Å². The van der Waals surface area contributed by atoms with Gasteiger partial charge in [-0.3, -0.25) is 4.79 Å². The first-order valence-corrected chi connectivity index (χ1v) is 7.54. The summed E-state index contributed by atoms with van der Waals surface area (Å²) in [6.45, 7) is 8.34. The van der Waals surface area contributed by atoms with E-state index in [2.05, 4.69) is 5.32 Å². The number of piperidine rings is 1. The molecule has 0 radical (unpaired) electrons. The number of ether oxygens (including phenoxy) is 2. The quantitative estimate of drug-likeness (QED) is 0.741. The van der Waals surface area contributed by atoms with Gasteiger partial charge in [0.15, 0.2) is 0 Å². The number of methoxy groups -OCH3 is 1. The number of likely N-dealkylation sites (tertiary alicyclic amines) is 1. The third kappa shape index (κ3) is 4.04. The van der Waals surface area contributed by atoms with Gasteiger partial charge >= 0.3 is 12.1 Å². The van der Waals surface area contributed by atoms with Gasteiger partial charge in [-0.25, -0.2) is 4.79 Å². The maximum atomic E-state index is 12.1. The first-order valence-electron chi connectivity index (χ1n) is 7.54. The Morgan fingerprint density at radius 2 is 1.82 bits per heavy atom. The lowest BCUT2D eigenvalue weighted by Crippen LogP contribution is -2.49. The maximum Gasteiger partial charge on any atom is 0.410 e. The van der Waals surface area contributed by atoms with E-state index in [-0.39, 0.29) is 35.8 Å². The third-order valence-corrected chi connectivity index (χ3v) is 4.46.